The molecule has 1 saturated carbocycles. The minimum Gasteiger partial charge on any atom is -0.356 e. The van der Waals surface area contributed by atoms with Crippen LogP contribution in [0.3, 0.4) is 0 Å². The summed E-state index contributed by atoms with van der Waals surface area (Å²) < 4.78 is 5.34. The van der Waals surface area contributed by atoms with Crippen LogP contribution in [0.1, 0.15) is 49.4 Å². The number of piperidine rings is 1. The lowest BCUT2D eigenvalue weighted by atomic mass is 9.83. The van der Waals surface area contributed by atoms with Crippen LogP contribution in [-0.2, 0) is 4.79 Å². The van der Waals surface area contributed by atoms with Crippen molar-refractivity contribution in [3.8, 4) is 11.3 Å². The molecule has 1 saturated heterocycles. The monoisotopic (exact) mass is 342 g/mol. The van der Waals surface area contributed by atoms with Gasteiger partial charge in [0.05, 0.1) is 11.4 Å². The van der Waals surface area contributed by atoms with Gasteiger partial charge in [0.2, 0.25) is 5.91 Å². The van der Waals surface area contributed by atoms with Gasteiger partial charge in [0, 0.05) is 42.6 Å². The molecule has 2 fully saturated rings. The highest BCUT2D eigenvalue weighted by Crippen LogP contribution is 2.35. The smallest absolute Gasteiger partial charge is 0.264 e. The molecule has 0 bridgehead atoms. The van der Waals surface area contributed by atoms with E-state index in [4.69, 9.17) is 4.52 Å². The molecule has 0 aromatic carbocycles. The molecule has 2 aromatic heterocycles. The van der Waals surface area contributed by atoms with E-state index < -0.39 is 0 Å². The molecule has 7 nitrogen and oxygen atoms in total. The van der Waals surface area contributed by atoms with Crippen molar-refractivity contribution >= 4 is 5.91 Å². The SMILES string of the molecule is Cc1cc(-c2cc(=O)[nH]nc2C2CCN(C(=O)C3CCC3)CC2)on1. The Bertz CT molecular complexity index is 829. The van der Waals surface area contributed by atoms with Crippen LogP contribution in [0.4, 0.5) is 0 Å². The van der Waals surface area contributed by atoms with Crippen LogP contribution in [0.15, 0.2) is 21.5 Å². The summed E-state index contributed by atoms with van der Waals surface area (Å²) >= 11 is 0. The van der Waals surface area contributed by atoms with Crippen LogP contribution in [0.5, 0.6) is 0 Å². The number of amides is 1. The van der Waals surface area contributed by atoms with Crippen molar-refractivity contribution in [3.05, 3.63) is 33.9 Å². The summed E-state index contributed by atoms with van der Waals surface area (Å²) in [5, 5.41) is 10.7. The zero-order chi connectivity index (χ0) is 17.4. The first-order chi connectivity index (χ1) is 12.1. The normalized spacial score (nSPS) is 19.0. The number of H-pyrrole nitrogens is 1. The summed E-state index contributed by atoms with van der Waals surface area (Å²) in [6, 6.07) is 3.34. The molecule has 25 heavy (non-hydrogen) atoms. The fourth-order valence-corrected chi connectivity index (χ4v) is 3.70. The maximum atomic E-state index is 12.4. The van der Waals surface area contributed by atoms with E-state index in [1.165, 1.54) is 12.5 Å². The maximum absolute atomic E-state index is 12.4. The van der Waals surface area contributed by atoms with Gasteiger partial charge in [0.1, 0.15) is 0 Å². The molecule has 1 N–H and O–H groups in total. The number of carbonyl (C=O) groups is 1. The van der Waals surface area contributed by atoms with E-state index in [1.807, 2.05) is 17.9 Å². The fraction of sp³-hybridized carbons (Fsp3) is 0.556. The Hall–Kier alpha value is -2.44. The first kappa shape index (κ1) is 16.1. The van der Waals surface area contributed by atoms with Crippen molar-refractivity contribution in [2.45, 2.75) is 44.9 Å². The largest absolute Gasteiger partial charge is 0.356 e. The Morgan fingerprint density at radius 2 is 2.00 bits per heavy atom. The number of carbonyl (C=O) groups excluding carboxylic acids is 1. The Kier molecular flexibility index (Phi) is 4.15. The Balaban J connectivity index is 1.53. The highest BCUT2D eigenvalue weighted by molar-refractivity contribution is 5.79. The van der Waals surface area contributed by atoms with Gasteiger partial charge in [-0.2, -0.15) is 5.10 Å². The Morgan fingerprint density at radius 1 is 1.24 bits per heavy atom. The minimum atomic E-state index is -0.259. The molecule has 7 heteroatoms. The first-order valence-corrected chi connectivity index (χ1v) is 8.94. The molecule has 0 atom stereocenters. The predicted octanol–water partition coefficient (Wildman–Crippen LogP) is 2.24. The van der Waals surface area contributed by atoms with Gasteiger partial charge in [-0.1, -0.05) is 11.6 Å². The molecule has 1 aliphatic heterocycles. The summed E-state index contributed by atoms with van der Waals surface area (Å²) in [5.74, 6) is 1.32. The van der Waals surface area contributed by atoms with Crippen molar-refractivity contribution < 1.29 is 9.32 Å². The molecule has 3 heterocycles. The van der Waals surface area contributed by atoms with Gasteiger partial charge in [-0.3, -0.25) is 9.59 Å². The van der Waals surface area contributed by atoms with Gasteiger partial charge in [0.25, 0.3) is 5.56 Å². The number of nitrogens with one attached hydrogen (secondary N) is 1. The third-order valence-corrected chi connectivity index (χ3v) is 5.38. The molecular weight excluding hydrogens is 320 g/mol. The highest BCUT2D eigenvalue weighted by atomic mass is 16.5. The van der Waals surface area contributed by atoms with Gasteiger partial charge >= 0.3 is 0 Å². The molecule has 1 amide bonds. The second-order valence-electron chi connectivity index (χ2n) is 7.09. The topological polar surface area (TPSA) is 92.1 Å². The maximum Gasteiger partial charge on any atom is 0.264 e. The number of rotatable bonds is 3. The van der Waals surface area contributed by atoms with E-state index in [9.17, 15) is 9.59 Å². The van der Waals surface area contributed by atoms with E-state index in [1.54, 1.807) is 0 Å². The number of aromatic amines is 1. The van der Waals surface area contributed by atoms with E-state index in [0.29, 0.717) is 17.2 Å². The number of likely N-dealkylation sites (tertiary alicyclic amines) is 1. The third-order valence-electron chi connectivity index (χ3n) is 5.38. The average Bonchev–Trinajstić information content (AvgIpc) is 3.00. The Labute approximate surface area is 145 Å². The van der Waals surface area contributed by atoms with E-state index in [0.717, 1.165) is 50.2 Å². The number of hydrogen-bond acceptors (Lipinski definition) is 5. The third kappa shape index (κ3) is 3.10. The van der Waals surface area contributed by atoms with Gasteiger partial charge in [0.15, 0.2) is 5.76 Å². The predicted molar refractivity (Wildman–Crippen MR) is 91.0 cm³/mol. The first-order valence-electron chi connectivity index (χ1n) is 8.94. The molecule has 2 aromatic rings. The number of nitrogens with zero attached hydrogens (tertiary/aromatic N) is 3. The summed E-state index contributed by atoms with van der Waals surface area (Å²) in [6.45, 7) is 3.34. The zero-order valence-corrected chi connectivity index (χ0v) is 14.3. The van der Waals surface area contributed by atoms with Crippen LogP contribution in [0, 0.1) is 12.8 Å². The van der Waals surface area contributed by atoms with Crippen LogP contribution >= 0.6 is 0 Å². The second kappa shape index (κ2) is 6.46. The van der Waals surface area contributed by atoms with Crippen molar-refractivity contribution in [1.29, 1.82) is 0 Å². The number of aromatic nitrogens is 3. The molecule has 1 aliphatic carbocycles. The minimum absolute atomic E-state index is 0.197. The van der Waals surface area contributed by atoms with E-state index >= 15 is 0 Å². The summed E-state index contributed by atoms with van der Waals surface area (Å²) in [7, 11) is 0. The summed E-state index contributed by atoms with van der Waals surface area (Å²) in [4.78, 5) is 26.1. The summed E-state index contributed by atoms with van der Waals surface area (Å²) in [5.41, 5.74) is 2.03. The summed E-state index contributed by atoms with van der Waals surface area (Å²) in [6.07, 6.45) is 4.94. The zero-order valence-electron chi connectivity index (χ0n) is 14.3. The number of aryl methyl sites for hydroxylation is 1. The molecule has 4 rings (SSSR count). The molecular formula is C18H22N4O3. The van der Waals surface area contributed by atoms with Gasteiger partial charge in [-0.05, 0) is 32.6 Å². The highest BCUT2D eigenvalue weighted by Gasteiger charge is 2.33. The van der Waals surface area contributed by atoms with Crippen molar-refractivity contribution in [1.82, 2.24) is 20.3 Å². The van der Waals surface area contributed by atoms with Crippen molar-refractivity contribution in [2.24, 2.45) is 5.92 Å². The van der Waals surface area contributed by atoms with Gasteiger partial charge in [-0.25, -0.2) is 5.10 Å². The lowest BCUT2D eigenvalue weighted by molar-refractivity contribution is -0.139. The number of hydrogen-bond donors (Lipinski definition) is 1. The molecule has 0 radical (unpaired) electrons. The molecule has 2 aliphatic rings. The van der Waals surface area contributed by atoms with Crippen LogP contribution in [0.2, 0.25) is 0 Å². The Morgan fingerprint density at radius 3 is 2.60 bits per heavy atom. The standard InChI is InChI=1S/C18H22N4O3/c1-11-9-15(25-21-11)14-10-16(23)19-20-17(14)12-5-7-22(8-6-12)18(24)13-3-2-4-13/h9-10,12-13H,2-8H2,1H3,(H,19,23). The van der Waals surface area contributed by atoms with Gasteiger partial charge in [-0.15, -0.1) is 0 Å². The van der Waals surface area contributed by atoms with E-state index in [-0.39, 0.29) is 17.4 Å². The lowest BCUT2D eigenvalue weighted by Crippen LogP contribution is -2.43. The fourth-order valence-electron chi connectivity index (χ4n) is 3.70. The van der Waals surface area contributed by atoms with E-state index in [2.05, 4.69) is 15.4 Å². The van der Waals surface area contributed by atoms with Crippen molar-refractivity contribution in [2.75, 3.05) is 13.1 Å². The van der Waals surface area contributed by atoms with Gasteiger partial charge < -0.3 is 9.42 Å². The lowest BCUT2D eigenvalue weighted by Gasteiger charge is -2.36. The quantitative estimate of drug-likeness (QED) is 0.923. The van der Waals surface area contributed by atoms with Crippen LogP contribution < -0.4 is 5.56 Å². The average molecular weight is 342 g/mol. The molecule has 0 spiro atoms. The molecule has 132 valence electrons. The second-order valence-corrected chi connectivity index (χ2v) is 7.09. The van der Waals surface area contributed by atoms with Crippen molar-refractivity contribution in [3.63, 3.8) is 0 Å². The van der Waals surface area contributed by atoms with Crippen LogP contribution in [-0.4, -0.2) is 39.3 Å². The molecule has 0 unspecified atom stereocenters. The van der Waals surface area contributed by atoms with Crippen LogP contribution in [0.25, 0.3) is 11.3 Å².